The van der Waals surface area contributed by atoms with Crippen molar-refractivity contribution in [3.63, 3.8) is 0 Å². The van der Waals surface area contributed by atoms with Gasteiger partial charge >= 0.3 is 0 Å². The van der Waals surface area contributed by atoms with Crippen LogP contribution in [0.1, 0.15) is 72.4 Å². The van der Waals surface area contributed by atoms with Crippen LogP contribution < -0.4 is 10.0 Å². The highest BCUT2D eigenvalue weighted by Crippen LogP contribution is 2.31. The van der Waals surface area contributed by atoms with Gasteiger partial charge in [-0.15, -0.1) is 0 Å². The molecule has 4 rings (SSSR count). The quantitative estimate of drug-likeness (QED) is 0.672. The van der Waals surface area contributed by atoms with E-state index < -0.39 is 10.0 Å². The van der Waals surface area contributed by atoms with Crippen LogP contribution in [0.3, 0.4) is 0 Å². The lowest BCUT2D eigenvalue weighted by molar-refractivity contribution is 0.0979. The molecule has 158 valence electrons. The molecule has 0 spiro atoms. The molecule has 1 saturated heterocycles. The Labute approximate surface area is 177 Å². The van der Waals surface area contributed by atoms with Crippen molar-refractivity contribution in [3.05, 3.63) is 64.7 Å². The summed E-state index contributed by atoms with van der Waals surface area (Å²) in [6.07, 6.45) is 1.29. The number of benzene rings is 2. The fourth-order valence-corrected chi connectivity index (χ4v) is 6.20. The van der Waals surface area contributed by atoms with Gasteiger partial charge in [0.1, 0.15) is 0 Å². The Morgan fingerprint density at radius 1 is 0.833 bits per heavy atom. The first-order chi connectivity index (χ1) is 13.9. The summed E-state index contributed by atoms with van der Waals surface area (Å²) < 4.78 is 29.0. The standard InChI is InChI=1S/C23H26N2O4S/c1-22(2)12-14(13-23(3,4)25-22)24-30(28,29)15-9-10-18-19(11-15)21(27)17-8-6-5-7-16(17)20(18)26/h5-11,14,24-25H,12-13H2,1-4H3. The molecule has 30 heavy (non-hydrogen) atoms. The van der Waals surface area contributed by atoms with Crippen molar-refractivity contribution >= 4 is 21.6 Å². The van der Waals surface area contributed by atoms with E-state index in [0.29, 0.717) is 24.0 Å². The fraction of sp³-hybridized carbons (Fsp3) is 0.391. The normalized spacial score (nSPS) is 20.5. The second kappa shape index (κ2) is 6.83. The van der Waals surface area contributed by atoms with Gasteiger partial charge in [-0.1, -0.05) is 24.3 Å². The second-order valence-corrected chi connectivity index (χ2v) is 11.2. The summed E-state index contributed by atoms with van der Waals surface area (Å²) in [5, 5.41) is 3.53. The van der Waals surface area contributed by atoms with Crippen LogP contribution in [0.2, 0.25) is 0 Å². The summed E-state index contributed by atoms with van der Waals surface area (Å²) in [6, 6.07) is 10.5. The van der Waals surface area contributed by atoms with E-state index >= 15 is 0 Å². The Balaban J connectivity index is 1.67. The van der Waals surface area contributed by atoms with Crippen LogP contribution in [-0.2, 0) is 10.0 Å². The molecule has 0 unspecified atom stereocenters. The van der Waals surface area contributed by atoms with Crippen LogP contribution in [0.15, 0.2) is 47.4 Å². The topological polar surface area (TPSA) is 92.3 Å². The molecule has 0 bridgehead atoms. The molecular formula is C23H26N2O4S. The Morgan fingerprint density at radius 3 is 1.90 bits per heavy atom. The Bertz CT molecular complexity index is 1150. The number of ketones is 2. The molecule has 0 amide bonds. The fourth-order valence-electron chi connectivity index (χ4n) is 4.94. The number of carbonyl (C=O) groups is 2. The first-order valence-electron chi connectivity index (χ1n) is 10.0. The summed E-state index contributed by atoms with van der Waals surface area (Å²) >= 11 is 0. The number of sulfonamides is 1. The van der Waals surface area contributed by atoms with Gasteiger partial charge in [-0.3, -0.25) is 9.59 Å². The lowest BCUT2D eigenvalue weighted by Crippen LogP contribution is -2.62. The molecule has 1 heterocycles. The predicted octanol–water partition coefficient (Wildman–Crippen LogP) is 3.05. The van der Waals surface area contributed by atoms with Gasteiger partial charge < -0.3 is 5.32 Å². The summed E-state index contributed by atoms with van der Waals surface area (Å²) in [6.45, 7) is 8.21. The van der Waals surface area contributed by atoms with E-state index in [2.05, 4.69) is 37.7 Å². The summed E-state index contributed by atoms with van der Waals surface area (Å²) in [4.78, 5) is 25.7. The van der Waals surface area contributed by atoms with Crippen LogP contribution in [0.5, 0.6) is 0 Å². The summed E-state index contributed by atoms with van der Waals surface area (Å²) in [5.74, 6) is -0.597. The van der Waals surface area contributed by atoms with E-state index in [1.807, 2.05) is 0 Å². The van der Waals surface area contributed by atoms with Gasteiger partial charge in [0, 0.05) is 39.4 Å². The maximum Gasteiger partial charge on any atom is 0.240 e. The van der Waals surface area contributed by atoms with Gasteiger partial charge in [-0.05, 0) is 58.7 Å². The molecule has 0 aromatic heterocycles. The van der Waals surface area contributed by atoms with E-state index in [9.17, 15) is 18.0 Å². The number of hydrogen-bond acceptors (Lipinski definition) is 5. The lowest BCUT2D eigenvalue weighted by Gasteiger charge is -2.46. The average molecular weight is 427 g/mol. The lowest BCUT2D eigenvalue weighted by atomic mass is 9.80. The number of carbonyl (C=O) groups excluding carboxylic acids is 2. The first-order valence-corrected chi connectivity index (χ1v) is 11.5. The largest absolute Gasteiger partial charge is 0.307 e. The molecule has 2 aromatic carbocycles. The number of fused-ring (bicyclic) bond motifs is 2. The van der Waals surface area contributed by atoms with Crippen molar-refractivity contribution in [1.29, 1.82) is 0 Å². The Hall–Kier alpha value is -2.35. The molecule has 0 radical (unpaired) electrons. The van der Waals surface area contributed by atoms with Crippen LogP contribution in [0, 0.1) is 0 Å². The van der Waals surface area contributed by atoms with Gasteiger partial charge in [-0.2, -0.15) is 0 Å². The minimum Gasteiger partial charge on any atom is -0.307 e. The Morgan fingerprint density at radius 2 is 1.33 bits per heavy atom. The van der Waals surface area contributed by atoms with E-state index in [1.165, 1.54) is 18.2 Å². The monoisotopic (exact) mass is 426 g/mol. The van der Waals surface area contributed by atoms with E-state index in [0.717, 1.165) is 0 Å². The number of nitrogens with one attached hydrogen (secondary N) is 2. The molecule has 1 aliphatic heterocycles. The van der Waals surface area contributed by atoms with Crippen molar-refractivity contribution in [2.24, 2.45) is 0 Å². The van der Waals surface area contributed by atoms with Gasteiger partial charge in [0.15, 0.2) is 11.6 Å². The minimum atomic E-state index is -3.85. The smallest absolute Gasteiger partial charge is 0.240 e. The molecule has 2 aromatic rings. The van der Waals surface area contributed by atoms with E-state index in [-0.39, 0.29) is 44.7 Å². The van der Waals surface area contributed by atoms with Crippen molar-refractivity contribution in [1.82, 2.24) is 10.0 Å². The number of piperidine rings is 1. The molecule has 6 nitrogen and oxygen atoms in total. The van der Waals surface area contributed by atoms with Gasteiger partial charge in [0.05, 0.1) is 4.90 Å². The van der Waals surface area contributed by atoms with Gasteiger partial charge in [-0.25, -0.2) is 13.1 Å². The highest BCUT2D eigenvalue weighted by atomic mass is 32.2. The highest BCUT2D eigenvalue weighted by molar-refractivity contribution is 7.89. The van der Waals surface area contributed by atoms with Gasteiger partial charge in [0.2, 0.25) is 10.0 Å². The zero-order valence-corrected chi connectivity index (χ0v) is 18.4. The van der Waals surface area contributed by atoms with Crippen molar-refractivity contribution < 1.29 is 18.0 Å². The van der Waals surface area contributed by atoms with Crippen LogP contribution in [-0.4, -0.2) is 37.1 Å². The number of hydrogen-bond donors (Lipinski definition) is 2. The molecule has 7 heteroatoms. The maximum absolute atomic E-state index is 13.1. The summed E-state index contributed by atoms with van der Waals surface area (Å²) in [5.41, 5.74) is 0.602. The van der Waals surface area contributed by atoms with Crippen molar-refractivity contribution in [3.8, 4) is 0 Å². The van der Waals surface area contributed by atoms with Crippen LogP contribution in [0.25, 0.3) is 0 Å². The second-order valence-electron chi connectivity index (χ2n) is 9.53. The van der Waals surface area contributed by atoms with E-state index in [4.69, 9.17) is 0 Å². The van der Waals surface area contributed by atoms with E-state index in [1.54, 1.807) is 24.3 Å². The number of rotatable bonds is 3. The SMILES string of the molecule is CC1(C)CC(NS(=O)(=O)c2ccc3c(c2)C(=O)c2ccccc2C3=O)CC(C)(C)N1. The molecule has 1 aliphatic carbocycles. The first kappa shape index (κ1) is 20.9. The molecule has 0 atom stereocenters. The molecule has 2 N–H and O–H groups in total. The highest BCUT2D eigenvalue weighted by Gasteiger charge is 2.39. The average Bonchev–Trinajstić information content (AvgIpc) is 2.62. The molecule has 0 saturated carbocycles. The van der Waals surface area contributed by atoms with Crippen LogP contribution in [0.4, 0.5) is 0 Å². The predicted molar refractivity (Wildman–Crippen MR) is 114 cm³/mol. The zero-order valence-electron chi connectivity index (χ0n) is 17.6. The minimum absolute atomic E-state index is 0.00377. The van der Waals surface area contributed by atoms with Crippen LogP contribution >= 0.6 is 0 Å². The maximum atomic E-state index is 13.1. The van der Waals surface area contributed by atoms with Gasteiger partial charge in [0.25, 0.3) is 0 Å². The third-order valence-corrected chi connectivity index (χ3v) is 7.24. The zero-order chi connectivity index (χ0) is 21.9. The third-order valence-electron chi connectivity index (χ3n) is 5.72. The Kier molecular flexibility index (Phi) is 4.76. The molecule has 2 aliphatic rings. The molecular weight excluding hydrogens is 400 g/mol. The van der Waals surface area contributed by atoms with Crippen molar-refractivity contribution in [2.75, 3.05) is 0 Å². The third kappa shape index (κ3) is 3.73. The summed E-state index contributed by atoms with van der Waals surface area (Å²) in [7, 11) is -3.85. The van der Waals surface area contributed by atoms with Crippen molar-refractivity contribution in [2.45, 2.75) is 62.6 Å². The molecule has 1 fully saturated rings.